The molecule has 2 aromatic carbocycles. The zero-order valence-corrected chi connectivity index (χ0v) is 12.1. The number of aromatic nitrogens is 2. The maximum atomic E-state index is 6.05. The van der Waals surface area contributed by atoms with E-state index in [9.17, 15) is 0 Å². The number of H-pyrrole nitrogens is 1. The van der Waals surface area contributed by atoms with E-state index in [-0.39, 0.29) is 0 Å². The van der Waals surface area contributed by atoms with Crippen LogP contribution in [0.15, 0.2) is 48.5 Å². The highest BCUT2D eigenvalue weighted by Gasteiger charge is 2.14. The molecule has 0 aliphatic heterocycles. The largest absolute Gasteiger partial charge is 0.497 e. The van der Waals surface area contributed by atoms with Gasteiger partial charge in [-0.25, -0.2) is 0 Å². The monoisotopic (exact) mass is 279 g/mol. The molecule has 21 heavy (non-hydrogen) atoms. The van der Waals surface area contributed by atoms with Gasteiger partial charge >= 0.3 is 0 Å². The van der Waals surface area contributed by atoms with Crippen LogP contribution in [-0.4, -0.2) is 17.3 Å². The van der Waals surface area contributed by atoms with Crippen LogP contribution in [-0.2, 0) is 0 Å². The third kappa shape index (κ3) is 2.48. The molecule has 106 valence electrons. The predicted octanol–water partition coefficient (Wildman–Crippen LogP) is 3.64. The van der Waals surface area contributed by atoms with E-state index in [0.717, 1.165) is 28.1 Å². The number of hydrogen-bond acceptors (Lipinski definition) is 3. The maximum Gasteiger partial charge on any atom is 0.153 e. The summed E-state index contributed by atoms with van der Waals surface area (Å²) in [6, 6.07) is 16.1. The fourth-order valence-corrected chi connectivity index (χ4v) is 2.42. The number of methoxy groups -OCH3 is 1. The number of rotatable bonds is 3. The number of aryl methyl sites for hydroxylation is 1. The van der Waals surface area contributed by atoms with Crippen LogP contribution in [0.2, 0.25) is 0 Å². The van der Waals surface area contributed by atoms with Crippen LogP contribution >= 0.6 is 0 Å². The lowest BCUT2D eigenvalue weighted by molar-refractivity contribution is 0.415. The molecule has 0 fully saturated rings. The molecule has 0 bridgehead atoms. The summed E-state index contributed by atoms with van der Waals surface area (Å²) >= 11 is 0. The summed E-state index contributed by atoms with van der Waals surface area (Å²) in [6.45, 7) is 2.06. The van der Waals surface area contributed by atoms with Crippen molar-refractivity contribution in [1.82, 2.24) is 10.2 Å². The molecule has 0 radical (unpaired) electrons. The molecule has 0 atom stereocenters. The van der Waals surface area contributed by atoms with Gasteiger partial charge in [0.25, 0.3) is 0 Å². The van der Waals surface area contributed by atoms with Gasteiger partial charge in [0.1, 0.15) is 5.75 Å². The number of benzene rings is 2. The van der Waals surface area contributed by atoms with Crippen LogP contribution in [0.1, 0.15) is 5.56 Å². The van der Waals surface area contributed by atoms with Crippen molar-refractivity contribution in [3.05, 3.63) is 54.1 Å². The first-order valence-electron chi connectivity index (χ1n) is 6.74. The quantitative estimate of drug-likeness (QED) is 0.769. The minimum Gasteiger partial charge on any atom is -0.497 e. The normalized spacial score (nSPS) is 10.6. The third-order valence-corrected chi connectivity index (χ3v) is 3.48. The van der Waals surface area contributed by atoms with Gasteiger partial charge in [-0.1, -0.05) is 29.8 Å². The Morgan fingerprint density at radius 1 is 1.05 bits per heavy atom. The average molecular weight is 279 g/mol. The van der Waals surface area contributed by atoms with E-state index in [1.165, 1.54) is 5.56 Å². The van der Waals surface area contributed by atoms with E-state index < -0.39 is 0 Å². The van der Waals surface area contributed by atoms with E-state index in [2.05, 4.69) is 29.3 Å². The number of anilines is 1. The van der Waals surface area contributed by atoms with E-state index in [4.69, 9.17) is 10.5 Å². The molecule has 0 saturated carbocycles. The smallest absolute Gasteiger partial charge is 0.153 e. The first-order valence-corrected chi connectivity index (χ1v) is 6.74. The van der Waals surface area contributed by atoms with Crippen molar-refractivity contribution in [2.75, 3.05) is 12.8 Å². The van der Waals surface area contributed by atoms with Crippen molar-refractivity contribution in [3.8, 4) is 28.1 Å². The lowest BCUT2D eigenvalue weighted by Gasteiger charge is -2.07. The first-order chi connectivity index (χ1) is 10.2. The van der Waals surface area contributed by atoms with Crippen LogP contribution in [0, 0.1) is 6.92 Å². The number of nitrogens with one attached hydrogen (secondary N) is 1. The molecule has 0 saturated heterocycles. The van der Waals surface area contributed by atoms with Crippen molar-refractivity contribution in [1.29, 1.82) is 0 Å². The topological polar surface area (TPSA) is 63.9 Å². The van der Waals surface area contributed by atoms with Gasteiger partial charge < -0.3 is 10.5 Å². The van der Waals surface area contributed by atoms with Gasteiger partial charge in [0.05, 0.1) is 18.4 Å². The summed E-state index contributed by atoms with van der Waals surface area (Å²) in [5, 5.41) is 7.19. The first kappa shape index (κ1) is 13.2. The van der Waals surface area contributed by atoms with Crippen LogP contribution in [0.4, 0.5) is 5.82 Å². The highest BCUT2D eigenvalue weighted by atomic mass is 16.5. The molecule has 0 aliphatic rings. The minimum absolute atomic E-state index is 0.506. The van der Waals surface area contributed by atoms with Gasteiger partial charge in [-0.05, 0) is 36.8 Å². The Morgan fingerprint density at radius 2 is 1.81 bits per heavy atom. The molecule has 3 N–H and O–H groups in total. The maximum absolute atomic E-state index is 6.05. The van der Waals surface area contributed by atoms with Crippen molar-refractivity contribution >= 4 is 5.82 Å². The second-order valence-electron chi connectivity index (χ2n) is 4.96. The van der Waals surface area contributed by atoms with E-state index in [1.807, 2.05) is 36.4 Å². The Bertz CT molecular complexity index is 760. The van der Waals surface area contributed by atoms with E-state index in [1.54, 1.807) is 7.11 Å². The van der Waals surface area contributed by atoms with Gasteiger partial charge in [0.15, 0.2) is 5.82 Å². The second kappa shape index (κ2) is 5.32. The lowest BCUT2D eigenvalue weighted by Crippen LogP contribution is -1.89. The van der Waals surface area contributed by atoms with E-state index in [0.29, 0.717) is 5.82 Å². The number of nitrogen functional groups attached to an aromatic ring is 1. The molecule has 1 aromatic heterocycles. The standard InChI is InChI=1S/C17H17N3O/c1-11-4-3-5-13(10-11)15-16(19-20-17(15)18)12-6-8-14(21-2)9-7-12/h3-10H,1-2H3,(H3,18,19,20). The summed E-state index contributed by atoms with van der Waals surface area (Å²) in [7, 11) is 1.65. The van der Waals surface area contributed by atoms with Gasteiger partial charge in [-0.15, -0.1) is 0 Å². The van der Waals surface area contributed by atoms with Crippen LogP contribution in [0.25, 0.3) is 22.4 Å². The Kier molecular flexibility index (Phi) is 3.36. The van der Waals surface area contributed by atoms with Crippen molar-refractivity contribution in [3.63, 3.8) is 0 Å². The highest BCUT2D eigenvalue weighted by Crippen LogP contribution is 2.35. The zero-order chi connectivity index (χ0) is 14.8. The second-order valence-corrected chi connectivity index (χ2v) is 4.96. The number of nitrogens with zero attached hydrogens (tertiary/aromatic N) is 1. The number of aromatic amines is 1. The van der Waals surface area contributed by atoms with Crippen LogP contribution in [0.3, 0.4) is 0 Å². The summed E-state index contributed by atoms with van der Waals surface area (Å²) in [6.07, 6.45) is 0. The average Bonchev–Trinajstić information content (AvgIpc) is 2.89. The Morgan fingerprint density at radius 3 is 2.48 bits per heavy atom. The minimum atomic E-state index is 0.506. The summed E-state index contributed by atoms with van der Waals surface area (Å²) < 4.78 is 5.19. The van der Waals surface area contributed by atoms with Crippen LogP contribution < -0.4 is 10.5 Å². The van der Waals surface area contributed by atoms with Crippen molar-refractivity contribution in [2.24, 2.45) is 0 Å². The van der Waals surface area contributed by atoms with Crippen LogP contribution in [0.5, 0.6) is 5.75 Å². The third-order valence-electron chi connectivity index (χ3n) is 3.48. The molecular formula is C17H17N3O. The summed E-state index contributed by atoms with van der Waals surface area (Å²) in [4.78, 5) is 0. The number of hydrogen-bond donors (Lipinski definition) is 2. The highest BCUT2D eigenvalue weighted by molar-refractivity contribution is 5.88. The zero-order valence-electron chi connectivity index (χ0n) is 12.1. The Labute approximate surface area is 123 Å². The molecule has 0 amide bonds. The molecule has 0 spiro atoms. The Balaban J connectivity index is 2.12. The Hall–Kier alpha value is -2.75. The molecule has 0 aliphatic carbocycles. The molecule has 3 aromatic rings. The lowest BCUT2D eigenvalue weighted by atomic mass is 9.99. The van der Waals surface area contributed by atoms with Gasteiger partial charge in [-0.3, -0.25) is 5.10 Å². The fraction of sp³-hybridized carbons (Fsp3) is 0.118. The number of nitrogens with two attached hydrogens (primary N) is 1. The molecule has 3 rings (SSSR count). The number of ether oxygens (including phenoxy) is 1. The predicted molar refractivity (Wildman–Crippen MR) is 85.2 cm³/mol. The van der Waals surface area contributed by atoms with Crippen molar-refractivity contribution in [2.45, 2.75) is 6.92 Å². The molecule has 0 unspecified atom stereocenters. The van der Waals surface area contributed by atoms with Crippen molar-refractivity contribution < 1.29 is 4.74 Å². The molecule has 4 heteroatoms. The summed E-state index contributed by atoms with van der Waals surface area (Å²) in [5.74, 6) is 1.33. The molecule has 4 nitrogen and oxygen atoms in total. The van der Waals surface area contributed by atoms with E-state index >= 15 is 0 Å². The molecular weight excluding hydrogens is 262 g/mol. The summed E-state index contributed by atoms with van der Waals surface area (Å²) in [5.41, 5.74) is 11.2. The SMILES string of the molecule is COc1ccc(-c2[nH]nc(N)c2-c2cccc(C)c2)cc1. The van der Waals surface area contributed by atoms with Gasteiger partial charge in [-0.2, -0.15) is 5.10 Å². The van der Waals surface area contributed by atoms with Gasteiger partial charge in [0, 0.05) is 5.56 Å². The molecule has 1 heterocycles. The van der Waals surface area contributed by atoms with Gasteiger partial charge in [0.2, 0.25) is 0 Å². The fourth-order valence-electron chi connectivity index (χ4n) is 2.42.